The molecule has 2 amide bonds. The molecule has 5 N–H and O–H groups in total. The summed E-state index contributed by atoms with van der Waals surface area (Å²) in [6, 6.07) is 9.24. The first-order valence-electron chi connectivity index (χ1n) is 9.14. The number of hydrogen-bond donors (Lipinski definition) is 5. The first-order valence-corrected chi connectivity index (χ1v) is 9.14. The predicted molar refractivity (Wildman–Crippen MR) is 106 cm³/mol. The summed E-state index contributed by atoms with van der Waals surface area (Å²) in [5.74, 6) is 0.546. The molecule has 28 heavy (non-hydrogen) atoms. The zero-order valence-electron chi connectivity index (χ0n) is 15.4. The monoisotopic (exact) mass is 379 g/mol. The normalized spacial score (nSPS) is 13.6. The number of nitrogens with zero attached hydrogens (tertiary/aromatic N) is 2. The molecule has 1 fully saturated rings. The maximum Gasteiger partial charge on any atom is 0.269 e. The number of nitrogens with one attached hydrogen (secondary N) is 5. The number of carbonyl (C=O) groups is 2. The minimum atomic E-state index is -0.391. The molecule has 0 bridgehead atoms. The maximum atomic E-state index is 11.9. The van der Waals surface area contributed by atoms with Gasteiger partial charge < -0.3 is 15.6 Å². The van der Waals surface area contributed by atoms with Crippen molar-refractivity contribution in [3.05, 3.63) is 42.1 Å². The van der Waals surface area contributed by atoms with Crippen LogP contribution in [0.5, 0.6) is 0 Å². The molecular weight excluding hydrogens is 358 g/mol. The highest BCUT2D eigenvalue weighted by Gasteiger charge is 2.19. The standard InChI is InChI=1S/C19H21N7O2/c1-11(27)25-26-18(28)12-5-7-14(8-6-12)22-19-23-16-15(9-10-20-16)17(24-19)21-13-3-2-4-13/h5-10,13H,2-4H2,1H3,(H,25,27)(H,26,28)(H3,20,21,22,23,24). The fourth-order valence-electron chi connectivity index (χ4n) is 2.90. The Morgan fingerprint density at radius 3 is 2.54 bits per heavy atom. The van der Waals surface area contributed by atoms with Crippen LogP contribution in [-0.2, 0) is 4.79 Å². The Morgan fingerprint density at radius 2 is 1.86 bits per heavy atom. The lowest BCUT2D eigenvalue weighted by Crippen LogP contribution is -2.40. The molecule has 0 atom stereocenters. The van der Waals surface area contributed by atoms with Crippen molar-refractivity contribution in [3.63, 3.8) is 0 Å². The Kier molecular flexibility index (Phi) is 4.79. The van der Waals surface area contributed by atoms with Gasteiger partial charge in [0.25, 0.3) is 5.91 Å². The molecule has 0 spiro atoms. The lowest BCUT2D eigenvalue weighted by Gasteiger charge is -2.27. The van der Waals surface area contributed by atoms with E-state index in [1.165, 1.54) is 13.3 Å². The number of hydrazine groups is 1. The Morgan fingerprint density at radius 1 is 1.07 bits per heavy atom. The minimum Gasteiger partial charge on any atom is -0.367 e. The number of hydrogen-bond acceptors (Lipinski definition) is 6. The molecular formula is C19H21N7O2. The molecule has 1 saturated carbocycles. The van der Waals surface area contributed by atoms with Crippen LogP contribution in [0.4, 0.5) is 17.5 Å². The molecule has 4 rings (SSSR count). The lowest BCUT2D eigenvalue weighted by atomic mass is 9.93. The molecule has 1 aliphatic rings. The number of benzene rings is 1. The first kappa shape index (κ1) is 17.8. The number of H-pyrrole nitrogens is 1. The van der Waals surface area contributed by atoms with Crippen LogP contribution >= 0.6 is 0 Å². The highest BCUT2D eigenvalue weighted by molar-refractivity contribution is 5.95. The molecule has 0 aliphatic heterocycles. The van der Waals surface area contributed by atoms with Gasteiger partial charge in [-0.25, -0.2) is 0 Å². The van der Waals surface area contributed by atoms with E-state index in [0.29, 0.717) is 17.6 Å². The molecule has 1 aromatic carbocycles. The van der Waals surface area contributed by atoms with Crippen LogP contribution in [0.1, 0.15) is 36.5 Å². The summed E-state index contributed by atoms with van der Waals surface area (Å²) >= 11 is 0. The van der Waals surface area contributed by atoms with E-state index in [9.17, 15) is 9.59 Å². The molecule has 3 aromatic rings. The third-order valence-corrected chi connectivity index (χ3v) is 4.62. The molecule has 2 aromatic heterocycles. The molecule has 0 saturated heterocycles. The van der Waals surface area contributed by atoms with Crippen LogP contribution in [0.25, 0.3) is 11.0 Å². The number of carbonyl (C=O) groups excluding carboxylic acids is 2. The minimum absolute atomic E-state index is 0.338. The molecule has 144 valence electrons. The van der Waals surface area contributed by atoms with Gasteiger partial charge in [0.15, 0.2) is 0 Å². The van der Waals surface area contributed by atoms with Gasteiger partial charge in [-0.1, -0.05) is 0 Å². The van der Waals surface area contributed by atoms with Crippen molar-refractivity contribution in [2.24, 2.45) is 0 Å². The van der Waals surface area contributed by atoms with E-state index in [2.05, 4.69) is 36.4 Å². The van der Waals surface area contributed by atoms with Gasteiger partial charge in [-0.05, 0) is 49.6 Å². The highest BCUT2D eigenvalue weighted by Crippen LogP contribution is 2.28. The molecule has 9 nitrogen and oxygen atoms in total. The van der Waals surface area contributed by atoms with E-state index in [1.54, 1.807) is 24.3 Å². The van der Waals surface area contributed by atoms with Crippen LogP contribution < -0.4 is 21.5 Å². The van der Waals surface area contributed by atoms with Crippen molar-refractivity contribution in [2.45, 2.75) is 32.2 Å². The van der Waals surface area contributed by atoms with Crippen LogP contribution in [-0.4, -0.2) is 32.8 Å². The lowest BCUT2D eigenvalue weighted by molar-refractivity contribution is -0.119. The van der Waals surface area contributed by atoms with Crippen LogP contribution in [0.15, 0.2) is 36.5 Å². The number of fused-ring (bicyclic) bond motifs is 1. The third kappa shape index (κ3) is 3.88. The molecule has 2 heterocycles. The van der Waals surface area contributed by atoms with Crippen LogP contribution in [0.2, 0.25) is 0 Å². The van der Waals surface area contributed by atoms with E-state index in [-0.39, 0.29) is 5.91 Å². The third-order valence-electron chi connectivity index (χ3n) is 4.62. The zero-order valence-corrected chi connectivity index (χ0v) is 15.4. The van der Waals surface area contributed by atoms with Crippen molar-refractivity contribution in [3.8, 4) is 0 Å². The Hall–Kier alpha value is -3.62. The topological polar surface area (TPSA) is 124 Å². The fraction of sp³-hybridized carbons (Fsp3) is 0.263. The highest BCUT2D eigenvalue weighted by atomic mass is 16.2. The maximum absolute atomic E-state index is 11.9. The van der Waals surface area contributed by atoms with Gasteiger partial charge in [-0.15, -0.1) is 0 Å². The second-order valence-corrected chi connectivity index (χ2v) is 6.75. The quantitative estimate of drug-likeness (QED) is 0.434. The average molecular weight is 379 g/mol. The summed E-state index contributed by atoms with van der Waals surface area (Å²) < 4.78 is 0. The van der Waals surface area contributed by atoms with Gasteiger partial charge in [0.1, 0.15) is 11.5 Å². The van der Waals surface area contributed by atoms with E-state index >= 15 is 0 Å². The predicted octanol–water partition coefficient (Wildman–Crippen LogP) is 2.45. The van der Waals surface area contributed by atoms with Gasteiger partial charge in [0.05, 0.1) is 5.39 Å². The van der Waals surface area contributed by atoms with Crippen LogP contribution in [0, 0.1) is 0 Å². The number of aromatic nitrogens is 3. The summed E-state index contributed by atoms with van der Waals surface area (Å²) in [5, 5.41) is 7.61. The summed E-state index contributed by atoms with van der Waals surface area (Å²) in [5.41, 5.74) is 6.51. The van der Waals surface area contributed by atoms with Crippen molar-refractivity contribution in [1.82, 2.24) is 25.8 Å². The van der Waals surface area contributed by atoms with Gasteiger partial charge in [-0.3, -0.25) is 20.4 Å². The van der Waals surface area contributed by atoms with Crippen LogP contribution in [0.3, 0.4) is 0 Å². The van der Waals surface area contributed by atoms with Gasteiger partial charge in [0, 0.05) is 30.4 Å². The molecule has 0 radical (unpaired) electrons. The SMILES string of the molecule is CC(=O)NNC(=O)c1ccc(Nc2nc(NC3CCC3)c3cc[nH]c3n2)cc1. The Labute approximate surface area is 161 Å². The molecule has 0 unspecified atom stereocenters. The summed E-state index contributed by atoms with van der Waals surface area (Å²) in [6.07, 6.45) is 5.39. The van der Waals surface area contributed by atoms with Gasteiger partial charge in [-0.2, -0.15) is 9.97 Å². The Balaban J connectivity index is 1.49. The smallest absolute Gasteiger partial charge is 0.269 e. The van der Waals surface area contributed by atoms with E-state index in [1.807, 2.05) is 12.3 Å². The zero-order chi connectivity index (χ0) is 19.5. The van der Waals surface area contributed by atoms with Crippen molar-refractivity contribution in [2.75, 3.05) is 10.6 Å². The fourth-order valence-corrected chi connectivity index (χ4v) is 2.90. The van der Waals surface area contributed by atoms with Crippen molar-refractivity contribution in [1.29, 1.82) is 0 Å². The second-order valence-electron chi connectivity index (χ2n) is 6.75. The number of aromatic amines is 1. The first-order chi connectivity index (χ1) is 13.6. The molecule has 9 heteroatoms. The average Bonchev–Trinajstić information content (AvgIpc) is 3.12. The van der Waals surface area contributed by atoms with Gasteiger partial charge >= 0.3 is 0 Å². The summed E-state index contributed by atoms with van der Waals surface area (Å²) in [6.45, 7) is 1.32. The number of rotatable bonds is 5. The van der Waals surface area contributed by atoms with Crippen molar-refractivity contribution < 1.29 is 9.59 Å². The summed E-state index contributed by atoms with van der Waals surface area (Å²) in [7, 11) is 0. The largest absolute Gasteiger partial charge is 0.367 e. The van der Waals surface area contributed by atoms with E-state index in [4.69, 9.17) is 0 Å². The Bertz CT molecular complexity index is 1010. The number of anilines is 3. The summed E-state index contributed by atoms with van der Waals surface area (Å²) in [4.78, 5) is 35.0. The second kappa shape index (κ2) is 7.55. The van der Waals surface area contributed by atoms with E-state index in [0.717, 1.165) is 35.4 Å². The van der Waals surface area contributed by atoms with Crippen molar-refractivity contribution >= 4 is 40.3 Å². The molecule has 1 aliphatic carbocycles. The number of amides is 2. The van der Waals surface area contributed by atoms with E-state index < -0.39 is 5.91 Å². The van der Waals surface area contributed by atoms with Gasteiger partial charge in [0.2, 0.25) is 11.9 Å².